The van der Waals surface area contributed by atoms with Crippen LogP contribution in [0.5, 0.6) is 0 Å². The molecule has 0 N–H and O–H groups in total. The molecule has 0 atom stereocenters. The van der Waals surface area contributed by atoms with E-state index in [1.165, 1.54) is 22.3 Å². The molecular formula is C20H26N2O. The average Bonchev–Trinajstić information content (AvgIpc) is 2.51. The molecule has 0 fully saturated rings. The molecule has 0 aliphatic carbocycles. The summed E-state index contributed by atoms with van der Waals surface area (Å²) in [6, 6.07) is 16.5. The molecule has 0 aliphatic heterocycles. The van der Waals surface area contributed by atoms with Crippen LogP contribution in [0.2, 0.25) is 0 Å². The fourth-order valence-electron chi connectivity index (χ4n) is 2.62. The molecule has 1 amide bonds. The maximum Gasteiger partial charge on any atom is 0.236 e. The van der Waals surface area contributed by atoms with Crippen molar-refractivity contribution in [3.05, 3.63) is 70.8 Å². The average molecular weight is 310 g/mol. The highest BCUT2D eigenvalue weighted by Gasteiger charge is 2.13. The molecule has 0 radical (unpaired) electrons. The van der Waals surface area contributed by atoms with Gasteiger partial charge in [0.25, 0.3) is 0 Å². The summed E-state index contributed by atoms with van der Waals surface area (Å²) >= 11 is 0. The van der Waals surface area contributed by atoms with Crippen LogP contribution in [0.25, 0.3) is 0 Å². The molecule has 0 unspecified atom stereocenters. The SMILES string of the molecule is Cc1ccccc1CN(C)CC(=O)N(C)Cc1ccccc1C. The minimum atomic E-state index is 0.143. The van der Waals surface area contributed by atoms with Crippen LogP contribution in [-0.4, -0.2) is 36.3 Å². The second-order valence-corrected chi connectivity index (χ2v) is 6.28. The number of nitrogens with zero attached hydrogens (tertiary/aromatic N) is 2. The van der Waals surface area contributed by atoms with Crippen LogP contribution in [0.1, 0.15) is 22.3 Å². The number of carbonyl (C=O) groups is 1. The molecule has 0 saturated heterocycles. The lowest BCUT2D eigenvalue weighted by atomic mass is 10.1. The summed E-state index contributed by atoms with van der Waals surface area (Å²) in [7, 11) is 3.86. The van der Waals surface area contributed by atoms with Crippen LogP contribution in [0, 0.1) is 13.8 Å². The Morgan fingerprint density at radius 3 is 1.83 bits per heavy atom. The van der Waals surface area contributed by atoms with E-state index in [0.29, 0.717) is 13.1 Å². The first-order valence-corrected chi connectivity index (χ1v) is 7.99. The van der Waals surface area contributed by atoms with Gasteiger partial charge in [-0.1, -0.05) is 48.5 Å². The highest BCUT2D eigenvalue weighted by molar-refractivity contribution is 5.78. The predicted octanol–water partition coefficient (Wildman–Crippen LogP) is 3.39. The minimum absolute atomic E-state index is 0.143. The zero-order valence-corrected chi connectivity index (χ0v) is 14.5. The summed E-state index contributed by atoms with van der Waals surface area (Å²) in [5.74, 6) is 0.143. The van der Waals surface area contributed by atoms with Gasteiger partial charge in [-0.3, -0.25) is 9.69 Å². The molecule has 122 valence electrons. The number of aryl methyl sites for hydroxylation is 2. The Morgan fingerprint density at radius 1 is 0.826 bits per heavy atom. The Bertz CT molecular complexity index is 666. The highest BCUT2D eigenvalue weighted by Crippen LogP contribution is 2.11. The smallest absolute Gasteiger partial charge is 0.236 e. The number of carbonyl (C=O) groups excluding carboxylic acids is 1. The number of amides is 1. The van der Waals surface area contributed by atoms with E-state index in [1.807, 2.05) is 38.4 Å². The molecule has 0 aromatic heterocycles. The quantitative estimate of drug-likeness (QED) is 0.816. The lowest BCUT2D eigenvalue weighted by Gasteiger charge is -2.23. The van der Waals surface area contributed by atoms with Crippen LogP contribution in [0.15, 0.2) is 48.5 Å². The zero-order chi connectivity index (χ0) is 16.8. The predicted molar refractivity (Wildman–Crippen MR) is 95.2 cm³/mol. The van der Waals surface area contributed by atoms with Crippen molar-refractivity contribution < 1.29 is 4.79 Å². The molecule has 3 nitrogen and oxygen atoms in total. The van der Waals surface area contributed by atoms with Crippen molar-refractivity contribution in [1.29, 1.82) is 0 Å². The van der Waals surface area contributed by atoms with Crippen molar-refractivity contribution in [3.63, 3.8) is 0 Å². The molecule has 3 heteroatoms. The van der Waals surface area contributed by atoms with E-state index in [-0.39, 0.29) is 5.91 Å². The van der Waals surface area contributed by atoms with E-state index < -0.39 is 0 Å². The van der Waals surface area contributed by atoms with E-state index in [1.54, 1.807) is 4.90 Å². The Hall–Kier alpha value is -2.13. The topological polar surface area (TPSA) is 23.6 Å². The largest absolute Gasteiger partial charge is 0.340 e. The maximum absolute atomic E-state index is 12.4. The molecule has 0 bridgehead atoms. The van der Waals surface area contributed by atoms with E-state index in [4.69, 9.17) is 0 Å². The Morgan fingerprint density at radius 2 is 1.30 bits per heavy atom. The third-order valence-electron chi connectivity index (χ3n) is 4.20. The van der Waals surface area contributed by atoms with Gasteiger partial charge in [-0.2, -0.15) is 0 Å². The van der Waals surface area contributed by atoms with Crippen molar-refractivity contribution in [2.24, 2.45) is 0 Å². The van der Waals surface area contributed by atoms with Gasteiger partial charge in [0, 0.05) is 20.1 Å². The second kappa shape index (κ2) is 7.93. The third kappa shape index (κ3) is 4.93. The number of rotatable bonds is 6. The van der Waals surface area contributed by atoms with Crippen molar-refractivity contribution in [1.82, 2.24) is 9.80 Å². The van der Waals surface area contributed by atoms with E-state index in [9.17, 15) is 4.79 Å². The number of hydrogen-bond acceptors (Lipinski definition) is 2. The fourth-order valence-corrected chi connectivity index (χ4v) is 2.62. The standard InChI is InChI=1S/C20H26N2O/c1-16-9-5-7-11-18(16)13-21(3)15-20(23)22(4)14-19-12-8-6-10-17(19)2/h5-12H,13-15H2,1-4H3. The number of hydrogen-bond donors (Lipinski definition) is 0. The van der Waals surface area contributed by atoms with Crippen molar-refractivity contribution >= 4 is 5.91 Å². The molecular weight excluding hydrogens is 284 g/mol. The van der Waals surface area contributed by atoms with Crippen LogP contribution in [-0.2, 0) is 17.9 Å². The summed E-state index contributed by atoms with van der Waals surface area (Å²) in [6.45, 7) is 6.06. The first kappa shape index (κ1) is 17.2. The van der Waals surface area contributed by atoms with Gasteiger partial charge in [-0.15, -0.1) is 0 Å². The molecule has 0 spiro atoms. The summed E-state index contributed by atoms with van der Waals surface area (Å²) < 4.78 is 0. The Labute approximate surface area is 139 Å². The lowest BCUT2D eigenvalue weighted by molar-refractivity contribution is -0.131. The summed E-state index contributed by atoms with van der Waals surface area (Å²) in [6.07, 6.45) is 0. The van der Waals surface area contributed by atoms with E-state index in [2.05, 4.69) is 43.0 Å². The van der Waals surface area contributed by atoms with Crippen LogP contribution < -0.4 is 0 Å². The molecule has 2 aromatic carbocycles. The fraction of sp³-hybridized carbons (Fsp3) is 0.350. The molecule has 0 heterocycles. The van der Waals surface area contributed by atoms with Gasteiger partial charge in [0.05, 0.1) is 6.54 Å². The first-order chi connectivity index (χ1) is 11.0. The molecule has 2 aromatic rings. The number of benzene rings is 2. The molecule has 23 heavy (non-hydrogen) atoms. The Balaban J connectivity index is 1.90. The zero-order valence-electron chi connectivity index (χ0n) is 14.5. The lowest BCUT2D eigenvalue weighted by Crippen LogP contribution is -2.36. The van der Waals surface area contributed by atoms with Gasteiger partial charge in [0.1, 0.15) is 0 Å². The maximum atomic E-state index is 12.4. The van der Waals surface area contributed by atoms with Gasteiger partial charge in [-0.25, -0.2) is 0 Å². The van der Waals surface area contributed by atoms with Crippen LogP contribution >= 0.6 is 0 Å². The van der Waals surface area contributed by atoms with Gasteiger partial charge < -0.3 is 4.90 Å². The minimum Gasteiger partial charge on any atom is -0.340 e. The van der Waals surface area contributed by atoms with Crippen molar-refractivity contribution in [2.75, 3.05) is 20.6 Å². The van der Waals surface area contributed by atoms with Gasteiger partial charge >= 0.3 is 0 Å². The summed E-state index contributed by atoms with van der Waals surface area (Å²) in [4.78, 5) is 16.3. The van der Waals surface area contributed by atoms with Crippen LogP contribution in [0.3, 0.4) is 0 Å². The monoisotopic (exact) mass is 310 g/mol. The summed E-state index contributed by atoms with van der Waals surface area (Å²) in [5.41, 5.74) is 4.95. The Kier molecular flexibility index (Phi) is 5.94. The normalized spacial score (nSPS) is 10.8. The molecule has 2 rings (SSSR count). The van der Waals surface area contributed by atoms with Gasteiger partial charge in [0.2, 0.25) is 5.91 Å². The first-order valence-electron chi connectivity index (χ1n) is 7.99. The molecule has 0 aliphatic rings. The van der Waals surface area contributed by atoms with Crippen molar-refractivity contribution in [2.45, 2.75) is 26.9 Å². The highest BCUT2D eigenvalue weighted by atomic mass is 16.2. The molecule has 0 saturated carbocycles. The van der Waals surface area contributed by atoms with E-state index in [0.717, 1.165) is 6.54 Å². The number of likely N-dealkylation sites (N-methyl/N-ethyl adjacent to an activating group) is 2. The second-order valence-electron chi connectivity index (χ2n) is 6.28. The van der Waals surface area contributed by atoms with E-state index >= 15 is 0 Å². The third-order valence-corrected chi connectivity index (χ3v) is 4.20. The van der Waals surface area contributed by atoms with Gasteiger partial charge in [0.15, 0.2) is 0 Å². The van der Waals surface area contributed by atoms with Crippen LogP contribution in [0.4, 0.5) is 0 Å². The van der Waals surface area contributed by atoms with Crippen molar-refractivity contribution in [3.8, 4) is 0 Å². The summed E-state index contributed by atoms with van der Waals surface area (Å²) in [5, 5.41) is 0. The van der Waals surface area contributed by atoms with Gasteiger partial charge in [-0.05, 0) is 43.1 Å².